The molecule has 4 rings (SSSR count). The van der Waals surface area contributed by atoms with Gasteiger partial charge in [-0.2, -0.15) is 16.4 Å². The summed E-state index contributed by atoms with van der Waals surface area (Å²) in [6.07, 6.45) is 2.32. The van der Waals surface area contributed by atoms with E-state index in [4.69, 9.17) is 4.42 Å². The number of aromatic nitrogens is 2. The van der Waals surface area contributed by atoms with Gasteiger partial charge in [0.15, 0.2) is 0 Å². The second-order valence-electron chi connectivity index (χ2n) is 6.03. The molecular formula is C19H17N3O4S2. The quantitative estimate of drug-likeness (QED) is 0.483. The van der Waals surface area contributed by atoms with Gasteiger partial charge in [-0.25, -0.2) is 17.8 Å². The van der Waals surface area contributed by atoms with E-state index in [9.17, 15) is 13.5 Å². The van der Waals surface area contributed by atoms with Gasteiger partial charge >= 0.3 is 0 Å². The predicted molar refractivity (Wildman–Crippen MR) is 106 cm³/mol. The van der Waals surface area contributed by atoms with E-state index in [0.717, 1.165) is 11.3 Å². The first-order chi connectivity index (χ1) is 13.5. The van der Waals surface area contributed by atoms with Crippen molar-refractivity contribution in [2.75, 3.05) is 6.54 Å². The number of benzene rings is 1. The monoisotopic (exact) mass is 415 g/mol. The molecule has 0 fully saturated rings. The first-order valence-electron chi connectivity index (χ1n) is 8.43. The zero-order valence-electron chi connectivity index (χ0n) is 14.6. The minimum Gasteiger partial charge on any atom is -0.458 e. The molecule has 144 valence electrons. The molecule has 0 aliphatic carbocycles. The Morgan fingerprint density at radius 1 is 1.18 bits per heavy atom. The fourth-order valence-corrected chi connectivity index (χ4v) is 4.35. The standard InChI is InChI=1S/C19H17N3O4S2/c23-17(19-7-6-18(26-19)14-8-11-27-13-14)12-21-28(24,25)16-4-2-15(3-5-16)22-10-1-9-20-22/h1-11,13,17,21,23H,12H2/t17-/m1/s1. The van der Waals surface area contributed by atoms with E-state index in [2.05, 4.69) is 9.82 Å². The van der Waals surface area contributed by atoms with Crippen molar-refractivity contribution < 1.29 is 17.9 Å². The summed E-state index contributed by atoms with van der Waals surface area (Å²) in [5.41, 5.74) is 1.67. The minimum atomic E-state index is -3.76. The van der Waals surface area contributed by atoms with Crippen molar-refractivity contribution in [1.82, 2.24) is 14.5 Å². The van der Waals surface area contributed by atoms with Crippen molar-refractivity contribution >= 4 is 21.4 Å². The average Bonchev–Trinajstić information content (AvgIpc) is 3.48. The lowest BCUT2D eigenvalue weighted by Crippen LogP contribution is -2.28. The third-order valence-electron chi connectivity index (χ3n) is 4.14. The molecule has 0 spiro atoms. The van der Waals surface area contributed by atoms with Gasteiger partial charge in [0, 0.05) is 29.9 Å². The molecule has 28 heavy (non-hydrogen) atoms. The summed E-state index contributed by atoms with van der Waals surface area (Å²) in [5, 5.41) is 18.2. The molecule has 7 nitrogen and oxygen atoms in total. The van der Waals surface area contributed by atoms with Crippen LogP contribution in [-0.4, -0.2) is 29.8 Å². The summed E-state index contributed by atoms with van der Waals surface area (Å²) in [5.74, 6) is 0.935. The topological polar surface area (TPSA) is 97.4 Å². The summed E-state index contributed by atoms with van der Waals surface area (Å²) in [7, 11) is -3.76. The molecule has 0 radical (unpaired) electrons. The molecule has 1 aromatic carbocycles. The van der Waals surface area contributed by atoms with E-state index >= 15 is 0 Å². The number of furan rings is 1. The largest absolute Gasteiger partial charge is 0.458 e. The van der Waals surface area contributed by atoms with Gasteiger partial charge in [-0.3, -0.25) is 0 Å². The molecule has 3 aromatic heterocycles. The first kappa shape index (κ1) is 18.6. The van der Waals surface area contributed by atoms with E-state index in [1.807, 2.05) is 16.8 Å². The van der Waals surface area contributed by atoms with Crippen molar-refractivity contribution in [3.8, 4) is 17.0 Å². The number of hydrogen-bond donors (Lipinski definition) is 2. The van der Waals surface area contributed by atoms with Crippen LogP contribution in [0.5, 0.6) is 0 Å². The van der Waals surface area contributed by atoms with Gasteiger partial charge in [0.2, 0.25) is 10.0 Å². The summed E-state index contributed by atoms with van der Waals surface area (Å²) in [4.78, 5) is 0.106. The number of sulfonamides is 1. The second kappa shape index (κ2) is 7.72. The number of hydrogen-bond acceptors (Lipinski definition) is 6. The zero-order valence-corrected chi connectivity index (χ0v) is 16.2. The molecule has 0 aliphatic heterocycles. The van der Waals surface area contributed by atoms with Crippen molar-refractivity contribution in [2.45, 2.75) is 11.0 Å². The van der Waals surface area contributed by atoms with E-state index < -0.39 is 16.1 Å². The van der Waals surface area contributed by atoms with Crippen LogP contribution in [0.15, 0.2) is 81.0 Å². The van der Waals surface area contributed by atoms with Crippen LogP contribution in [0.25, 0.3) is 17.0 Å². The highest BCUT2D eigenvalue weighted by atomic mass is 32.2. The van der Waals surface area contributed by atoms with Crippen LogP contribution in [0, 0.1) is 0 Å². The maximum atomic E-state index is 12.5. The van der Waals surface area contributed by atoms with Gasteiger partial charge in [0.1, 0.15) is 17.6 Å². The minimum absolute atomic E-state index is 0.106. The molecular weight excluding hydrogens is 398 g/mol. The SMILES string of the molecule is O=S(=O)(NC[C@@H](O)c1ccc(-c2ccsc2)o1)c1ccc(-n2cccn2)cc1. The van der Waals surface area contributed by atoms with Crippen LogP contribution in [0.4, 0.5) is 0 Å². The van der Waals surface area contributed by atoms with Crippen molar-refractivity contribution in [1.29, 1.82) is 0 Å². The second-order valence-corrected chi connectivity index (χ2v) is 8.57. The van der Waals surface area contributed by atoms with Gasteiger partial charge in [-0.1, -0.05) is 0 Å². The van der Waals surface area contributed by atoms with Gasteiger partial charge < -0.3 is 9.52 Å². The lowest BCUT2D eigenvalue weighted by atomic mass is 10.2. The summed E-state index contributed by atoms with van der Waals surface area (Å²) < 4.78 is 34.6. The van der Waals surface area contributed by atoms with Crippen LogP contribution in [-0.2, 0) is 10.0 Å². The van der Waals surface area contributed by atoms with E-state index in [1.54, 1.807) is 58.7 Å². The average molecular weight is 415 g/mol. The predicted octanol–water partition coefficient (Wildman–Crippen LogP) is 3.21. The number of nitrogens with zero attached hydrogens (tertiary/aromatic N) is 2. The van der Waals surface area contributed by atoms with Gasteiger partial charge in [0.25, 0.3) is 0 Å². The number of nitrogens with one attached hydrogen (secondary N) is 1. The molecule has 0 amide bonds. The highest BCUT2D eigenvalue weighted by Crippen LogP contribution is 2.27. The molecule has 3 heterocycles. The van der Waals surface area contributed by atoms with E-state index in [1.165, 1.54) is 12.1 Å². The highest BCUT2D eigenvalue weighted by molar-refractivity contribution is 7.89. The number of aliphatic hydroxyl groups is 1. The zero-order chi connectivity index (χ0) is 19.6. The lowest BCUT2D eigenvalue weighted by molar-refractivity contribution is 0.155. The lowest BCUT2D eigenvalue weighted by Gasteiger charge is -2.11. The van der Waals surface area contributed by atoms with Gasteiger partial charge in [0.05, 0.1) is 10.6 Å². The fraction of sp³-hybridized carbons (Fsp3) is 0.105. The molecule has 2 N–H and O–H groups in total. The number of thiophene rings is 1. The van der Waals surface area contributed by atoms with Gasteiger partial charge in [-0.15, -0.1) is 0 Å². The van der Waals surface area contributed by atoms with Crippen LogP contribution in [0.3, 0.4) is 0 Å². The highest BCUT2D eigenvalue weighted by Gasteiger charge is 2.19. The van der Waals surface area contributed by atoms with Crippen molar-refractivity contribution in [3.63, 3.8) is 0 Å². The Hall–Kier alpha value is -2.72. The third-order valence-corrected chi connectivity index (χ3v) is 6.27. The third kappa shape index (κ3) is 3.92. The number of rotatable bonds is 7. The Labute approximate surface area is 165 Å². The van der Waals surface area contributed by atoms with Crippen molar-refractivity contribution in [2.24, 2.45) is 0 Å². The summed E-state index contributed by atoms with van der Waals surface area (Å²) >= 11 is 1.54. The maximum Gasteiger partial charge on any atom is 0.240 e. The molecule has 0 bridgehead atoms. The van der Waals surface area contributed by atoms with Gasteiger partial charge in [-0.05, 0) is 53.9 Å². The Morgan fingerprint density at radius 2 is 2.00 bits per heavy atom. The normalized spacial score (nSPS) is 12.9. The summed E-state index contributed by atoms with van der Waals surface area (Å²) in [6, 6.07) is 13.4. The van der Waals surface area contributed by atoms with Crippen LogP contribution < -0.4 is 4.72 Å². The maximum absolute atomic E-state index is 12.5. The molecule has 4 aromatic rings. The number of aliphatic hydroxyl groups excluding tert-OH is 1. The molecule has 0 unspecified atom stereocenters. The van der Waals surface area contributed by atoms with E-state index in [0.29, 0.717) is 11.5 Å². The Kier molecular flexibility index (Phi) is 5.14. The molecule has 9 heteroatoms. The molecule has 0 saturated carbocycles. The summed E-state index contributed by atoms with van der Waals surface area (Å²) in [6.45, 7) is -0.195. The van der Waals surface area contributed by atoms with Crippen molar-refractivity contribution in [3.05, 3.63) is 77.4 Å². The first-order valence-corrected chi connectivity index (χ1v) is 10.9. The molecule has 0 aliphatic rings. The smallest absolute Gasteiger partial charge is 0.240 e. The Morgan fingerprint density at radius 3 is 2.68 bits per heavy atom. The van der Waals surface area contributed by atoms with E-state index in [-0.39, 0.29) is 11.4 Å². The van der Waals surface area contributed by atoms with Crippen LogP contribution >= 0.6 is 11.3 Å². The Bertz CT molecular complexity index is 1130. The van der Waals surface area contributed by atoms with Crippen LogP contribution in [0.2, 0.25) is 0 Å². The molecule has 1 atom stereocenters. The Balaban J connectivity index is 1.42. The molecule has 0 saturated heterocycles. The fourth-order valence-electron chi connectivity index (χ4n) is 2.66. The van der Waals surface area contributed by atoms with Crippen LogP contribution in [0.1, 0.15) is 11.9 Å².